The van der Waals surface area contributed by atoms with Crippen molar-refractivity contribution >= 4 is 23.3 Å². The standard InChI is InChI=1S/C18H13N3O3/c22-12-13-1-3-14(4-2-13)18-10-7-16(11-19-18)20-15-5-8-17(9-6-15)21(23)24/h1-12,20H. The van der Waals surface area contributed by atoms with Gasteiger partial charge in [-0.15, -0.1) is 0 Å². The smallest absolute Gasteiger partial charge is 0.269 e. The third-order valence-corrected chi connectivity index (χ3v) is 3.47. The summed E-state index contributed by atoms with van der Waals surface area (Å²) in [6, 6.07) is 17.1. The molecule has 118 valence electrons. The number of nitro groups is 1. The predicted octanol–water partition coefficient (Wildman–Crippen LogP) is 4.21. The molecule has 3 aromatic rings. The number of hydrogen-bond donors (Lipinski definition) is 1. The molecule has 3 rings (SSSR count). The van der Waals surface area contributed by atoms with Crippen molar-refractivity contribution in [1.29, 1.82) is 0 Å². The van der Waals surface area contributed by atoms with Crippen LogP contribution in [0.2, 0.25) is 0 Å². The normalized spacial score (nSPS) is 10.2. The number of non-ortho nitro benzene ring substituents is 1. The second-order valence-corrected chi connectivity index (χ2v) is 5.10. The molecule has 0 aliphatic rings. The van der Waals surface area contributed by atoms with E-state index in [1.807, 2.05) is 24.3 Å². The lowest BCUT2D eigenvalue weighted by molar-refractivity contribution is -0.384. The molecule has 24 heavy (non-hydrogen) atoms. The minimum absolute atomic E-state index is 0.0489. The van der Waals surface area contributed by atoms with E-state index in [0.29, 0.717) is 5.56 Å². The van der Waals surface area contributed by atoms with Crippen LogP contribution < -0.4 is 5.32 Å². The molecule has 0 amide bonds. The van der Waals surface area contributed by atoms with Crippen molar-refractivity contribution < 1.29 is 9.72 Å². The van der Waals surface area contributed by atoms with Crippen molar-refractivity contribution in [2.75, 3.05) is 5.32 Å². The highest BCUT2D eigenvalue weighted by Gasteiger charge is 2.04. The van der Waals surface area contributed by atoms with E-state index >= 15 is 0 Å². The highest BCUT2D eigenvalue weighted by molar-refractivity contribution is 5.76. The van der Waals surface area contributed by atoms with E-state index in [-0.39, 0.29) is 5.69 Å². The molecule has 0 radical (unpaired) electrons. The van der Waals surface area contributed by atoms with Crippen molar-refractivity contribution in [3.63, 3.8) is 0 Å². The molecule has 0 aliphatic carbocycles. The van der Waals surface area contributed by atoms with Gasteiger partial charge in [0.25, 0.3) is 5.69 Å². The van der Waals surface area contributed by atoms with Gasteiger partial charge in [-0.05, 0) is 24.3 Å². The molecule has 1 N–H and O–H groups in total. The van der Waals surface area contributed by atoms with E-state index in [2.05, 4.69) is 10.3 Å². The molecule has 6 nitrogen and oxygen atoms in total. The van der Waals surface area contributed by atoms with Gasteiger partial charge in [-0.1, -0.05) is 24.3 Å². The van der Waals surface area contributed by atoms with Crippen LogP contribution in [0.4, 0.5) is 17.1 Å². The van der Waals surface area contributed by atoms with E-state index in [1.165, 1.54) is 12.1 Å². The summed E-state index contributed by atoms with van der Waals surface area (Å²) < 4.78 is 0. The van der Waals surface area contributed by atoms with Gasteiger partial charge in [0.1, 0.15) is 6.29 Å². The minimum atomic E-state index is -0.435. The Morgan fingerprint density at radius 1 is 0.917 bits per heavy atom. The lowest BCUT2D eigenvalue weighted by Crippen LogP contribution is -1.93. The van der Waals surface area contributed by atoms with Crippen LogP contribution >= 0.6 is 0 Å². The van der Waals surface area contributed by atoms with Crippen molar-refractivity contribution in [2.45, 2.75) is 0 Å². The summed E-state index contributed by atoms with van der Waals surface area (Å²) in [5.41, 5.74) is 3.90. The number of carbonyl (C=O) groups is 1. The van der Waals surface area contributed by atoms with Crippen LogP contribution in [0.25, 0.3) is 11.3 Å². The summed E-state index contributed by atoms with van der Waals surface area (Å²) in [6.07, 6.45) is 2.48. The molecule has 0 saturated carbocycles. The molecule has 0 bridgehead atoms. The topological polar surface area (TPSA) is 85.1 Å². The molecule has 0 unspecified atom stereocenters. The molecule has 1 heterocycles. The Kier molecular flexibility index (Phi) is 4.29. The van der Waals surface area contributed by atoms with Gasteiger partial charge in [0.05, 0.1) is 22.5 Å². The molecule has 0 fully saturated rings. The molecule has 0 spiro atoms. The Balaban J connectivity index is 1.73. The maximum absolute atomic E-state index is 10.7. The second kappa shape index (κ2) is 6.70. The largest absolute Gasteiger partial charge is 0.354 e. The van der Waals surface area contributed by atoms with Crippen molar-refractivity contribution in [2.24, 2.45) is 0 Å². The molecular formula is C18H13N3O3. The fraction of sp³-hybridized carbons (Fsp3) is 0. The van der Waals surface area contributed by atoms with Crippen LogP contribution in [0.3, 0.4) is 0 Å². The zero-order valence-electron chi connectivity index (χ0n) is 12.5. The molecule has 2 aromatic carbocycles. The number of aldehydes is 1. The van der Waals surface area contributed by atoms with Gasteiger partial charge in [-0.3, -0.25) is 19.9 Å². The first-order chi connectivity index (χ1) is 11.7. The Bertz CT molecular complexity index is 858. The average Bonchev–Trinajstić information content (AvgIpc) is 2.63. The number of pyridine rings is 1. The number of rotatable bonds is 5. The Morgan fingerprint density at radius 3 is 2.12 bits per heavy atom. The lowest BCUT2D eigenvalue weighted by atomic mass is 10.1. The molecule has 0 aliphatic heterocycles. The SMILES string of the molecule is O=Cc1ccc(-c2ccc(Nc3ccc([N+](=O)[O-])cc3)cn2)cc1. The van der Waals surface area contributed by atoms with E-state index in [9.17, 15) is 14.9 Å². The Labute approximate surface area is 137 Å². The number of hydrogen-bond acceptors (Lipinski definition) is 5. The highest BCUT2D eigenvalue weighted by Crippen LogP contribution is 2.22. The summed E-state index contributed by atoms with van der Waals surface area (Å²) in [6.45, 7) is 0. The number of carbonyl (C=O) groups excluding carboxylic acids is 1. The first-order valence-electron chi connectivity index (χ1n) is 7.19. The fourth-order valence-corrected chi connectivity index (χ4v) is 2.20. The van der Waals surface area contributed by atoms with E-state index in [0.717, 1.165) is 28.9 Å². The zero-order valence-corrected chi connectivity index (χ0v) is 12.5. The van der Waals surface area contributed by atoms with Crippen LogP contribution in [0, 0.1) is 10.1 Å². The van der Waals surface area contributed by atoms with Crippen LogP contribution in [0.15, 0.2) is 66.9 Å². The number of nitro benzene ring substituents is 1. The van der Waals surface area contributed by atoms with Crippen LogP contribution in [0.5, 0.6) is 0 Å². The van der Waals surface area contributed by atoms with Crippen LogP contribution in [0.1, 0.15) is 10.4 Å². The quantitative estimate of drug-likeness (QED) is 0.432. The van der Waals surface area contributed by atoms with Crippen molar-refractivity contribution in [3.8, 4) is 11.3 Å². The molecule has 0 atom stereocenters. The maximum atomic E-state index is 10.7. The summed E-state index contributed by atoms with van der Waals surface area (Å²) in [5, 5.41) is 13.8. The second-order valence-electron chi connectivity index (χ2n) is 5.10. The van der Waals surface area contributed by atoms with Gasteiger partial charge in [0, 0.05) is 28.9 Å². The molecule has 0 saturated heterocycles. The average molecular weight is 319 g/mol. The monoisotopic (exact) mass is 319 g/mol. The van der Waals surface area contributed by atoms with Crippen molar-refractivity contribution in [3.05, 3.63) is 82.5 Å². The highest BCUT2D eigenvalue weighted by atomic mass is 16.6. The van der Waals surface area contributed by atoms with E-state index < -0.39 is 4.92 Å². The number of anilines is 2. The van der Waals surface area contributed by atoms with Crippen LogP contribution in [-0.4, -0.2) is 16.2 Å². The van der Waals surface area contributed by atoms with Crippen molar-refractivity contribution in [1.82, 2.24) is 4.98 Å². The van der Waals surface area contributed by atoms with E-state index in [4.69, 9.17) is 0 Å². The van der Waals surface area contributed by atoms with Gasteiger partial charge in [0.2, 0.25) is 0 Å². The van der Waals surface area contributed by atoms with E-state index in [1.54, 1.807) is 30.5 Å². The fourth-order valence-electron chi connectivity index (χ4n) is 2.20. The third kappa shape index (κ3) is 3.44. The van der Waals surface area contributed by atoms with Gasteiger partial charge < -0.3 is 5.32 Å². The van der Waals surface area contributed by atoms with Gasteiger partial charge in [0.15, 0.2) is 0 Å². The zero-order chi connectivity index (χ0) is 16.9. The predicted molar refractivity (Wildman–Crippen MR) is 91.4 cm³/mol. The number of nitrogens with one attached hydrogen (secondary N) is 1. The van der Waals surface area contributed by atoms with Gasteiger partial charge in [-0.2, -0.15) is 0 Å². The summed E-state index contributed by atoms with van der Waals surface area (Å²) in [7, 11) is 0. The third-order valence-electron chi connectivity index (χ3n) is 3.47. The van der Waals surface area contributed by atoms with Crippen LogP contribution in [-0.2, 0) is 0 Å². The summed E-state index contributed by atoms with van der Waals surface area (Å²) in [5.74, 6) is 0. The minimum Gasteiger partial charge on any atom is -0.354 e. The molecule has 1 aromatic heterocycles. The van der Waals surface area contributed by atoms with Gasteiger partial charge >= 0.3 is 0 Å². The summed E-state index contributed by atoms with van der Waals surface area (Å²) in [4.78, 5) is 25.3. The number of nitrogens with zero attached hydrogens (tertiary/aromatic N) is 2. The summed E-state index contributed by atoms with van der Waals surface area (Å²) >= 11 is 0. The number of aromatic nitrogens is 1. The number of benzene rings is 2. The Morgan fingerprint density at radius 2 is 1.58 bits per heavy atom. The molecule has 6 heteroatoms. The molecular weight excluding hydrogens is 306 g/mol. The van der Waals surface area contributed by atoms with Gasteiger partial charge in [-0.25, -0.2) is 0 Å². The maximum Gasteiger partial charge on any atom is 0.269 e. The lowest BCUT2D eigenvalue weighted by Gasteiger charge is -2.07. The Hall–Kier alpha value is -3.54. The first kappa shape index (κ1) is 15.4. The first-order valence-corrected chi connectivity index (χ1v) is 7.19.